The molecule has 3 rings (SSSR count). The zero-order chi connectivity index (χ0) is 13.8. The summed E-state index contributed by atoms with van der Waals surface area (Å²) in [5.41, 5.74) is 0.0256. The van der Waals surface area contributed by atoms with Crippen molar-refractivity contribution in [2.24, 2.45) is 4.99 Å². The van der Waals surface area contributed by atoms with Gasteiger partial charge in [-0.05, 0) is 27.7 Å². The molecule has 5 heteroatoms. The number of amides is 1. The van der Waals surface area contributed by atoms with E-state index >= 15 is 0 Å². The molecule has 0 N–H and O–H groups in total. The first-order valence-corrected chi connectivity index (χ1v) is 6.39. The van der Waals surface area contributed by atoms with E-state index in [1.807, 2.05) is 45.9 Å². The Morgan fingerprint density at radius 3 is 2.37 bits per heavy atom. The van der Waals surface area contributed by atoms with Crippen molar-refractivity contribution in [3.05, 3.63) is 28.8 Å². The quantitative estimate of drug-likeness (QED) is 0.661. The van der Waals surface area contributed by atoms with Crippen LogP contribution in [0.1, 0.15) is 27.7 Å². The monoisotopic (exact) mass is 257 g/mol. The van der Waals surface area contributed by atoms with Crippen molar-refractivity contribution in [1.29, 1.82) is 0 Å². The Labute approximate surface area is 112 Å². The van der Waals surface area contributed by atoms with Gasteiger partial charge in [0, 0.05) is 16.8 Å². The van der Waals surface area contributed by atoms with E-state index in [4.69, 9.17) is 9.31 Å². The van der Waals surface area contributed by atoms with Crippen LogP contribution >= 0.6 is 0 Å². The fourth-order valence-electron chi connectivity index (χ4n) is 2.26. The molecular formula is C14H16BNO3. The van der Waals surface area contributed by atoms with Gasteiger partial charge < -0.3 is 9.31 Å². The van der Waals surface area contributed by atoms with Crippen LogP contribution in [0.2, 0.25) is 0 Å². The molecule has 0 spiro atoms. The highest BCUT2D eigenvalue weighted by Crippen LogP contribution is 2.36. The molecule has 0 unspecified atom stereocenters. The van der Waals surface area contributed by atoms with Gasteiger partial charge in [0.1, 0.15) is 0 Å². The highest BCUT2D eigenvalue weighted by molar-refractivity contribution is 6.62. The molecule has 0 aromatic heterocycles. The lowest BCUT2D eigenvalue weighted by atomic mass is 9.78. The van der Waals surface area contributed by atoms with Crippen LogP contribution in [0, 0.1) is 0 Å². The highest BCUT2D eigenvalue weighted by atomic mass is 16.7. The minimum atomic E-state index is -0.483. The minimum Gasteiger partial charge on any atom is -0.399 e. The van der Waals surface area contributed by atoms with Gasteiger partial charge >= 0.3 is 7.12 Å². The lowest BCUT2D eigenvalue weighted by molar-refractivity contribution is -0.112. The second-order valence-corrected chi connectivity index (χ2v) is 5.97. The molecule has 2 aliphatic rings. The summed E-state index contributed by atoms with van der Waals surface area (Å²) in [6.45, 7) is 8.02. The first-order valence-electron chi connectivity index (χ1n) is 6.39. The Hall–Kier alpha value is -1.46. The SMILES string of the molecule is CC1(C)OB(c2cccc3c2=NC(=O)C=3)OC1(C)C. The molecule has 1 saturated heterocycles. The number of carbonyl (C=O) groups is 1. The van der Waals surface area contributed by atoms with Crippen molar-refractivity contribution in [1.82, 2.24) is 0 Å². The zero-order valence-electron chi connectivity index (χ0n) is 11.6. The van der Waals surface area contributed by atoms with Crippen LogP contribution in [0.4, 0.5) is 0 Å². The number of nitrogens with zero attached hydrogens (tertiary/aromatic N) is 1. The van der Waals surface area contributed by atoms with Crippen LogP contribution < -0.4 is 16.0 Å². The van der Waals surface area contributed by atoms with Crippen molar-refractivity contribution in [2.75, 3.05) is 0 Å². The summed E-state index contributed by atoms with van der Waals surface area (Å²) in [5.74, 6) is -0.223. The van der Waals surface area contributed by atoms with Gasteiger partial charge in [0.25, 0.3) is 5.91 Å². The fraction of sp³-hybridized carbons (Fsp3) is 0.429. The molecule has 19 heavy (non-hydrogen) atoms. The number of hydrogen-bond donors (Lipinski definition) is 0. The van der Waals surface area contributed by atoms with Crippen LogP contribution in [0.25, 0.3) is 6.08 Å². The van der Waals surface area contributed by atoms with Crippen LogP contribution in [-0.4, -0.2) is 24.2 Å². The van der Waals surface area contributed by atoms with E-state index in [0.29, 0.717) is 5.36 Å². The first-order chi connectivity index (χ1) is 8.80. The molecular weight excluding hydrogens is 241 g/mol. The number of fused-ring (bicyclic) bond motifs is 1. The molecule has 1 amide bonds. The largest absolute Gasteiger partial charge is 0.497 e. The Kier molecular flexibility index (Phi) is 2.50. The van der Waals surface area contributed by atoms with E-state index in [9.17, 15) is 4.79 Å². The number of rotatable bonds is 1. The van der Waals surface area contributed by atoms with Crippen molar-refractivity contribution >= 4 is 24.6 Å². The Morgan fingerprint density at radius 2 is 1.74 bits per heavy atom. The molecule has 1 aromatic carbocycles. The molecule has 2 aliphatic heterocycles. The number of benzene rings is 1. The maximum atomic E-state index is 11.4. The third-order valence-electron chi connectivity index (χ3n) is 4.11. The number of para-hydroxylation sites is 1. The van der Waals surface area contributed by atoms with Crippen LogP contribution in [0.3, 0.4) is 0 Å². The van der Waals surface area contributed by atoms with Gasteiger partial charge in [-0.15, -0.1) is 0 Å². The lowest BCUT2D eigenvalue weighted by Gasteiger charge is -2.32. The predicted molar refractivity (Wildman–Crippen MR) is 72.4 cm³/mol. The molecule has 0 radical (unpaired) electrons. The van der Waals surface area contributed by atoms with Crippen molar-refractivity contribution in [2.45, 2.75) is 38.9 Å². The van der Waals surface area contributed by atoms with E-state index in [0.717, 1.165) is 10.7 Å². The van der Waals surface area contributed by atoms with E-state index in [-0.39, 0.29) is 5.91 Å². The van der Waals surface area contributed by atoms with Gasteiger partial charge in [0.2, 0.25) is 0 Å². The van der Waals surface area contributed by atoms with Crippen molar-refractivity contribution < 1.29 is 14.1 Å². The highest BCUT2D eigenvalue weighted by Gasteiger charge is 2.52. The average molecular weight is 257 g/mol. The standard InChI is InChI=1S/C14H16BNO3/c1-13(2)14(3,4)19-15(18-13)10-7-5-6-9-8-11(17)16-12(9)10/h5-8H,1-4H3. The molecule has 98 valence electrons. The smallest absolute Gasteiger partial charge is 0.399 e. The van der Waals surface area contributed by atoms with Crippen molar-refractivity contribution in [3.63, 3.8) is 0 Å². The van der Waals surface area contributed by atoms with Gasteiger partial charge in [0.15, 0.2) is 0 Å². The third-order valence-corrected chi connectivity index (χ3v) is 4.11. The Bertz CT molecular complexity index is 662. The fourth-order valence-corrected chi connectivity index (χ4v) is 2.26. The number of hydrogen-bond acceptors (Lipinski definition) is 3. The van der Waals surface area contributed by atoms with Gasteiger partial charge in [0.05, 0.1) is 16.6 Å². The van der Waals surface area contributed by atoms with Crippen LogP contribution in [0.5, 0.6) is 0 Å². The van der Waals surface area contributed by atoms with Gasteiger partial charge in [-0.3, -0.25) is 4.79 Å². The molecule has 0 atom stereocenters. The van der Waals surface area contributed by atoms with E-state index < -0.39 is 18.3 Å². The molecule has 0 bridgehead atoms. The second kappa shape index (κ2) is 3.77. The topological polar surface area (TPSA) is 47.9 Å². The summed E-state index contributed by atoms with van der Waals surface area (Å²) in [6.07, 6.45) is 1.53. The lowest BCUT2D eigenvalue weighted by Crippen LogP contribution is -2.48. The maximum absolute atomic E-state index is 11.4. The predicted octanol–water partition coefficient (Wildman–Crippen LogP) is -0.0739. The summed E-state index contributed by atoms with van der Waals surface area (Å²) >= 11 is 0. The summed E-state index contributed by atoms with van der Waals surface area (Å²) in [5, 5.41) is 1.50. The molecule has 1 fully saturated rings. The Morgan fingerprint density at radius 1 is 1.11 bits per heavy atom. The van der Waals surface area contributed by atoms with Crippen molar-refractivity contribution in [3.8, 4) is 0 Å². The normalized spacial score (nSPS) is 22.9. The first kappa shape index (κ1) is 12.6. The summed E-state index contributed by atoms with van der Waals surface area (Å²) in [6, 6.07) is 5.67. The Balaban J connectivity index is 2.09. The van der Waals surface area contributed by atoms with E-state index in [2.05, 4.69) is 4.99 Å². The molecule has 4 nitrogen and oxygen atoms in total. The van der Waals surface area contributed by atoms with E-state index in [1.165, 1.54) is 6.08 Å². The average Bonchev–Trinajstić information content (AvgIpc) is 2.75. The van der Waals surface area contributed by atoms with Crippen LogP contribution in [0.15, 0.2) is 23.2 Å². The summed E-state index contributed by atoms with van der Waals surface area (Å²) in [4.78, 5) is 15.5. The number of carbonyl (C=O) groups excluding carboxylic acids is 1. The van der Waals surface area contributed by atoms with Crippen LogP contribution in [-0.2, 0) is 14.1 Å². The van der Waals surface area contributed by atoms with Gasteiger partial charge in [-0.2, -0.15) is 0 Å². The van der Waals surface area contributed by atoms with Gasteiger partial charge in [-0.1, -0.05) is 18.2 Å². The third kappa shape index (κ3) is 1.85. The molecule has 2 heterocycles. The second-order valence-electron chi connectivity index (χ2n) is 5.97. The molecule has 0 saturated carbocycles. The minimum absolute atomic E-state index is 0.223. The summed E-state index contributed by atoms with van der Waals surface area (Å²) in [7, 11) is -0.483. The summed E-state index contributed by atoms with van der Waals surface area (Å²) < 4.78 is 12.0. The molecule has 1 aromatic rings. The zero-order valence-corrected chi connectivity index (χ0v) is 11.6. The van der Waals surface area contributed by atoms with Gasteiger partial charge in [-0.25, -0.2) is 4.99 Å². The maximum Gasteiger partial charge on any atom is 0.497 e. The molecule has 0 aliphatic carbocycles. The van der Waals surface area contributed by atoms with E-state index in [1.54, 1.807) is 0 Å².